The van der Waals surface area contributed by atoms with Crippen LogP contribution in [0.2, 0.25) is 0 Å². The number of carbonyl (C=O) groups is 1. The van der Waals surface area contributed by atoms with Crippen molar-refractivity contribution in [1.82, 2.24) is 10.3 Å². The van der Waals surface area contributed by atoms with Gasteiger partial charge in [-0.15, -0.1) is 22.7 Å². The first-order chi connectivity index (χ1) is 15.2. The Kier molecular flexibility index (Phi) is 5.31. The molecule has 5 rings (SSSR count). The van der Waals surface area contributed by atoms with Crippen LogP contribution < -0.4 is 19.7 Å². The zero-order chi connectivity index (χ0) is 21.2. The number of rotatable bonds is 5. The maximum atomic E-state index is 12.7. The fourth-order valence-corrected chi connectivity index (χ4v) is 5.02. The summed E-state index contributed by atoms with van der Waals surface area (Å²) in [5, 5.41) is 5.93. The number of para-hydroxylation sites is 1. The van der Waals surface area contributed by atoms with Crippen molar-refractivity contribution in [3.05, 3.63) is 81.5 Å². The predicted molar refractivity (Wildman–Crippen MR) is 123 cm³/mol. The molecule has 1 aromatic carbocycles. The third-order valence-corrected chi connectivity index (χ3v) is 6.92. The van der Waals surface area contributed by atoms with Gasteiger partial charge in [-0.2, -0.15) is 0 Å². The second kappa shape index (κ2) is 8.41. The first-order valence-corrected chi connectivity index (χ1v) is 11.4. The van der Waals surface area contributed by atoms with Crippen molar-refractivity contribution in [1.29, 1.82) is 0 Å². The summed E-state index contributed by atoms with van der Waals surface area (Å²) in [4.78, 5) is 21.0. The van der Waals surface area contributed by atoms with Crippen LogP contribution in [0.25, 0.3) is 0 Å². The van der Waals surface area contributed by atoms with Gasteiger partial charge in [0.1, 0.15) is 5.69 Å². The van der Waals surface area contributed by atoms with Gasteiger partial charge in [-0.1, -0.05) is 18.2 Å². The lowest BCUT2D eigenvalue weighted by molar-refractivity contribution is 0.0955. The molecule has 4 aromatic rings. The van der Waals surface area contributed by atoms with Gasteiger partial charge in [0, 0.05) is 16.6 Å². The second-order valence-electron chi connectivity index (χ2n) is 6.86. The number of fused-ring (bicyclic) bond motifs is 2. The van der Waals surface area contributed by atoms with Crippen LogP contribution in [0.3, 0.4) is 0 Å². The average Bonchev–Trinajstić information content (AvgIpc) is 3.47. The van der Waals surface area contributed by atoms with E-state index in [0.29, 0.717) is 35.3 Å². The van der Waals surface area contributed by atoms with E-state index >= 15 is 0 Å². The van der Waals surface area contributed by atoms with E-state index in [1.165, 1.54) is 11.3 Å². The van der Waals surface area contributed by atoms with Gasteiger partial charge in [0.2, 0.25) is 5.88 Å². The molecule has 156 valence electrons. The number of amides is 1. The number of thiophene rings is 2. The summed E-state index contributed by atoms with van der Waals surface area (Å²) in [6.07, 6.45) is 1.70. The summed E-state index contributed by atoms with van der Waals surface area (Å²) in [5.41, 5.74) is 1.82. The highest BCUT2D eigenvalue weighted by Crippen LogP contribution is 2.45. The van der Waals surface area contributed by atoms with Crippen LogP contribution >= 0.6 is 22.7 Å². The molecule has 0 saturated carbocycles. The molecule has 1 amide bonds. The first-order valence-electron chi connectivity index (χ1n) is 9.69. The molecule has 4 heterocycles. The number of hydrogen-bond donors (Lipinski definition) is 1. The standard InChI is InChI=1S/C23H19N3O3S2/c1-28-18-8-2-5-15-14-26(17-7-3-11-24-23(17)29-21(15)18)20-10-9-19(31-20)22(27)25-13-16-6-4-12-30-16/h2-12H,13-14H2,1H3,(H,25,27). The molecule has 3 aromatic heterocycles. The van der Waals surface area contributed by atoms with Gasteiger partial charge in [0.15, 0.2) is 11.5 Å². The highest BCUT2D eigenvalue weighted by molar-refractivity contribution is 7.18. The largest absolute Gasteiger partial charge is 0.493 e. The molecule has 1 N–H and O–H groups in total. The number of nitrogens with zero attached hydrogens (tertiary/aromatic N) is 2. The first kappa shape index (κ1) is 19.6. The maximum absolute atomic E-state index is 12.7. The van der Waals surface area contributed by atoms with Crippen LogP contribution in [0.5, 0.6) is 17.4 Å². The van der Waals surface area contributed by atoms with E-state index in [2.05, 4.69) is 15.2 Å². The number of pyridine rings is 1. The quantitative estimate of drug-likeness (QED) is 0.430. The Bertz CT molecular complexity index is 1220. The Balaban J connectivity index is 1.46. The maximum Gasteiger partial charge on any atom is 0.261 e. The number of aromatic nitrogens is 1. The van der Waals surface area contributed by atoms with Crippen molar-refractivity contribution in [3.8, 4) is 17.4 Å². The van der Waals surface area contributed by atoms with Crippen LogP contribution in [0.15, 0.2) is 66.2 Å². The molecular formula is C23H19N3O3S2. The molecule has 0 radical (unpaired) electrons. The molecule has 1 aliphatic rings. The third-order valence-electron chi connectivity index (χ3n) is 4.93. The highest BCUT2D eigenvalue weighted by Gasteiger charge is 2.26. The summed E-state index contributed by atoms with van der Waals surface area (Å²) in [5.74, 6) is 1.75. The van der Waals surface area contributed by atoms with Crippen molar-refractivity contribution in [2.75, 3.05) is 12.0 Å². The topological polar surface area (TPSA) is 63.7 Å². The number of hydrogen-bond acceptors (Lipinski definition) is 7. The van der Waals surface area contributed by atoms with Crippen LogP contribution in [-0.4, -0.2) is 18.0 Å². The number of anilines is 2. The molecule has 0 saturated heterocycles. The minimum Gasteiger partial charge on any atom is -0.493 e. The van der Waals surface area contributed by atoms with Gasteiger partial charge in [-0.05, 0) is 41.8 Å². The SMILES string of the molecule is COc1cccc2c1Oc1ncccc1N(c1ccc(C(=O)NCc3cccs3)s1)C2. The Morgan fingerprint density at radius 3 is 2.97 bits per heavy atom. The van der Waals surface area contributed by atoms with Crippen LogP contribution in [0.1, 0.15) is 20.1 Å². The number of methoxy groups -OCH3 is 1. The van der Waals surface area contributed by atoms with Crippen LogP contribution in [0, 0.1) is 0 Å². The smallest absolute Gasteiger partial charge is 0.261 e. The lowest BCUT2D eigenvalue weighted by atomic mass is 10.1. The van der Waals surface area contributed by atoms with E-state index < -0.39 is 0 Å². The molecule has 1 aliphatic heterocycles. The van der Waals surface area contributed by atoms with Gasteiger partial charge in [-0.3, -0.25) is 4.79 Å². The Labute approximate surface area is 187 Å². The third kappa shape index (κ3) is 3.87. The predicted octanol–water partition coefficient (Wildman–Crippen LogP) is 5.59. The van der Waals surface area contributed by atoms with Gasteiger partial charge in [0.05, 0.1) is 30.1 Å². The molecule has 0 fully saturated rings. The number of benzene rings is 1. The molecule has 8 heteroatoms. The fourth-order valence-electron chi connectivity index (χ4n) is 3.44. The Hall–Kier alpha value is -3.36. The van der Waals surface area contributed by atoms with Crippen molar-refractivity contribution < 1.29 is 14.3 Å². The fraction of sp³-hybridized carbons (Fsp3) is 0.130. The summed E-state index contributed by atoms with van der Waals surface area (Å²) in [6.45, 7) is 1.10. The Morgan fingerprint density at radius 1 is 1.19 bits per heavy atom. The number of ether oxygens (including phenoxy) is 2. The number of nitrogens with one attached hydrogen (secondary N) is 1. The van der Waals surface area contributed by atoms with Gasteiger partial charge >= 0.3 is 0 Å². The summed E-state index contributed by atoms with van der Waals surface area (Å²) < 4.78 is 11.7. The molecule has 0 spiro atoms. The van der Waals surface area contributed by atoms with Crippen molar-refractivity contribution in [2.45, 2.75) is 13.1 Å². The lowest BCUT2D eigenvalue weighted by Gasteiger charge is -2.21. The lowest BCUT2D eigenvalue weighted by Crippen LogP contribution is -2.21. The van der Waals surface area contributed by atoms with E-state index in [4.69, 9.17) is 9.47 Å². The Morgan fingerprint density at radius 2 is 2.13 bits per heavy atom. The van der Waals surface area contributed by atoms with E-state index in [1.807, 2.05) is 60.0 Å². The van der Waals surface area contributed by atoms with E-state index in [9.17, 15) is 4.79 Å². The van der Waals surface area contributed by atoms with Gasteiger partial charge < -0.3 is 19.7 Å². The minimum absolute atomic E-state index is 0.0794. The molecule has 31 heavy (non-hydrogen) atoms. The minimum atomic E-state index is -0.0794. The highest BCUT2D eigenvalue weighted by atomic mass is 32.1. The molecule has 0 bridgehead atoms. The monoisotopic (exact) mass is 449 g/mol. The van der Waals surface area contributed by atoms with Gasteiger partial charge in [0.25, 0.3) is 5.91 Å². The second-order valence-corrected chi connectivity index (χ2v) is 8.96. The molecule has 0 unspecified atom stereocenters. The van der Waals surface area contributed by atoms with Gasteiger partial charge in [-0.25, -0.2) is 4.98 Å². The molecular weight excluding hydrogens is 430 g/mol. The van der Waals surface area contributed by atoms with Crippen molar-refractivity contribution >= 4 is 39.3 Å². The summed E-state index contributed by atoms with van der Waals surface area (Å²) in [6, 6.07) is 17.5. The normalized spacial score (nSPS) is 12.4. The average molecular weight is 450 g/mol. The number of carbonyl (C=O) groups excluding carboxylic acids is 1. The molecule has 6 nitrogen and oxygen atoms in total. The van der Waals surface area contributed by atoms with E-state index in [0.717, 1.165) is 21.1 Å². The zero-order valence-electron chi connectivity index (χ0n) is 16.7. The van der Waals surface area contributed by atoms with Crippen LogP contribution in [-0.2, 0) is 13.1 Å². The van der Waals surface area contributed by atoms with Crippen LogP contribution in [0.4, 0.5) is 10.7 Å². The molecule has 0 atom stereocenters. The summed E-state index contributed by atoms with van der Waals surface area (Å²) in [7, 11) is 1.63. The van der Waals surface area contributed by atoms with Crippen molar-refractivity contribution in [3.63, 3.8) is 0 Å². The zero-order valence-corrected chi connectivity index (χ0v) is 18.3. The van der Waals surface area contributed by atoms with E-state index in [1.54, 1.807) is 24.6 Å². The summed E-state index contributed by atoms with van der Waals surface area (Å²) >= 11 is 3.07. The van der Waals surface area contributed by atoms with Crippen molar-refractivity contribution in [2.24, 2.45) is 0 Å². The molecule has 0 aliphatic carbocycles. The van der Waals surface area contributed by atoms with E-state index in [-0.39, 0.29) is 5.91 Å².